The van der Waals surface area contributed by atoms with Crippen molar-refractivity contribution in [1.82, 2.24) is 10.2 Å². The summed E-state index contributed by atoms with van der Waals surface area (Å²) in [6, 6.07) is 0.571. The third kappa shape index (κ3) is 2.96. The van der Waals surface area contributed by atoms with Crippen LogP contribution in [-0.2, 0) is 4.74 Å². The Morgan fingerprint density at radius 2 is 2.19 bits per heavy atom. The number of nitrogens with zero attached hydrogens (tertiary/aromatic N) is 1. The Balaban J connectivity index is 1.95. The second kappa shape index (κ2) is 5.03. The van der Waals surface area contributed by atoms with Crippen LogP contribution in [0, 0.1) is 0 Å². The minimum absolute atomic E-state index is 0.239. The maximum absolute atomic E-state index is 5.81. The molecule has 3 nitrogen and oxygen atoms in total. The van der Waals surface area contributed by atoms with Gasteiger partial charge in [0.05, 0.1) is 6.10 Å². The first-order chi connectivity index (χ1) is 7.58. The molecule has 0 bridgehead atoms. The van der Waals surface area contributed by atoms with Gasteiger partial charge in [0.2, 0.25) is 0 Å². The number of nitrogens with one attached hydrogen (secondary N) is 1. The van der Waals surface area contributed by atoms with Gasteiger partial charge < -0.3 is 10.1 Å². The molecule has 0 radical (unpaired) electrons. The van der Waals surface area contributed by atoms with Crippen molar-refractivity contribution >= 4 is 0 Å². The van der Waals surface area contributed by atoms with E-state index in [2.05, 4.69) is 31.0 Å². The number of ether oxygens (including phenoxy) is 1. The van der Waals surface area contributed by atoms with E-state index >= 15 is 0 Å². The molecule has 0 spiro atoms. The first-order valence-electron chi connectivity index (χ1n) is 6.69. The van der Waals surface area contributed by atoms with E-state index in [1.165, 1.54) is 25.8 Å². The van der Waals surface area contributed by atoms with Crippen molar-refractivity contribution in [3.63, 3.8) is 0 Å². The van der Waals surface area contributed by atoms with E-state index in [-0.39, 0.29) is 5.54 Å². The van der Waals surface area contributed by atoms with Crippen LogP contribution in [0.25, 0.3) is 0 Å². The van der Waals surface area contributed by atoms with Gasteiger partial charge in [-0.2, -0.15) is 0 Å². The Morgan fingerprint density at radius 3 is 2.88 bits per heavy atom. The lowest BCUT2D eigenvalue weighted by Gasteiger charge is -2.36. The number of rotatable bonds is 2. The van der Waals surface area contributed by atoms with Crippen molar-refractivity contribution in [3.8, 4) is 0 Å². The van der Waals surface area contributed by atoms with Gasteiger partial charge in [0.15, 0.2) is 0 Å². The maximum atomic E-state index is 5.81. The van der Waals surface area contributed by atoms with Gasteiger partial charge >= 0.3 is 0 Å². The van der Waals surface area contributed by atoms with Crippen LogP contribution in [0.2, 0.25) is 0 Å². The molecule has 0 aliphatic carbocycles. The molecular weight excluding hydrogens is 200 g/mol. The van der Waals surface area contributed by atoms with Crippen LogP contribution in [0.15, 0.2) is 0 Å². The summed E-state index contributed by atoms with van der Waals surface area (Å²) in [5.74, 6) is 0. The molecule has 2 atom stereocenters. The highest BCUT2D eigenvalue weighted by molar-refractivity contribution is 4.89. The summed E-state index contributed by atoms with van der Waals surface area (Å²) in [5, 5.41) is 3.61. The first-order valence-corrected chi connectivity index (χ1v) is 6.69. The predicted molar refractivity (Wildman–Crippen MR) is 66.7 cm³/mol. The third-order valence-electron chi connectivity index (χ3n) is 3.90. The summed E-state index contributed by atoms with van der Waals surface area (Å²) < 4.78 is 5.81. The van der Waals surface area contributed by atoms with Crippen LogP contribution >= 0.6 is 0 Å². The van der Waals surface area contributed by atoms with Gasteiger partial charge in [-0.25, -0.2) is 0 Å². The third-order valence-corrected chi connectivity index (χ3v) is 3.90. The van der Waals surface area contributed by atoms with E-state index in [9.17, 15) is 0 Å². The summed E-state index contributed by atoms with van der Waals surface area (Å²) >= 11 is 0. The fourth-order valence-corrected chi connectivity index (χ4v) is 2.92. The van der Waals surface area contributed by atoms with E-state index in [1.54, 1.807) is 0 Å². The van der Waals surface area contributed by atoms with Crippen molar-refractivity contribution in [2.45, 2.75) is 57.7 Å². The predicted octanol–water partition coefficient (Wildman–Crippen LogP) is 1.63. The van der Waals surface area contributed by atoms with Crippen LogP contribution < -0.4 is 5.32 Å². The van der Waals surface area contributed by atoms with E-state index < -0.39 is 0 Å². The lowest BCUT2D eigenvalue weighted by Crippen LogP contribution is -2.51. The topological polar surface area (TPSA) is 24.5 Å². The average Bonchev–Trinajstić information content (AvgIpc) is 2.68. The molecule has 2 unspecified atom stereocenters. The molecule has 2 fully saturated rings. The van der Waals surface area contributed by atoms with E-state index in [0.29, 0.717) is 12.1 Å². The van der Waals surface area contributed by atoms with Crippen LogP contribution in [0.1, 0.15) is 40.0 Å². The van der Waals surface area contributed by atoms with Crippen molar-refractivity contribution in [3.05, 3.63) is 0 Å². The zero-order chi connectivity index (χ0) is 11.6. The first kappa shape index (κ1) is 12.3. The Bertz CT molecular complexity index is 224. The van der Waals surface area contributed by atoms with Crippen molar-refractivity contribution < 1.29 is 4.74 Å². The molecule has 2 heterocycles. The van der Waals surface area contributed by atoms with Gasteiger partial charge in [-0.05, 0) is 53.1 Å². The molecule has 2 saturated heterocycles. The quantitative estimate of drug-likeness (QED) is 0.774. The molecular formula is C13H26N2O. The molecule has 0 aromatic carbocycles. The standard InChI is InChI=1S/C13H26N2O/c1-11(12-6-4-9-16-12)15-8-5-7-14-13(2,3)10-15/h11-12,14H,4-10H2,1-3H3. The van der Waals surface area contributed by atoms with E-state index in [1.807, 2.05) is 0 Å². The van der Waals surface area contributed by atoms with Crippen LogP contribution in [0.5, 0.6) is 0 Å². The SMILES string of the molecule is CC(C1CCCO1)N1CCCNC(C)(C)C1. The van der Waals surface area contributed by atoms with Gasteiger partial charge in [-0.3, -0.25) is 4.90 Å². The van der Waals surface area contributed by atoms with Gasteiger partial charge in [-0.1, -0.05) is 0 Å². The molecule has 16 heavy (non-hydrogen) atoms. The molecule has 3 heteroatoms. The van der Waals surface area contributed by atoms with Crippen molar-refractivity contribution in [2.24, 2.45) is 0 Å². The highest BCUT2D eigenvalue weighted by Gasteiger charge is 2.32. The van der Waals surface area contributed by atoms with Crippen LogP contribution in [0.4, 0.5) is 0 Å². The normalized spacial score (nSPS) is 33.6. The lowest BCUT2D eigenvalue weighted by molar-refractivity contribution is 0.0265. The van der Waals surface area contributed by atoms with E-state index in [0.717, 1.165) is 19.7 Å². The average molecular weight is 226 g/mol. The fourth-order valence-electron chi connectivity index (χ4n) is 2.92. The van der Waals surface area contributed by atoms with E-state index in [4.69, 9.17) is 4.74 Å². The minimum atomic E-state index is 0.239. The highest BCUT2D eigenvalue weighted by atomic mass is 16.5. The summed E-state index contributed by atoms with van der Waals surface area (Å²) in [6.45, 7) is 11.4. The van der Waals surface area contributed by atoms with Gasteiger partial charge in [0.25, 0.3) is 0 Å². The highest BCUT2D eigenvalue weighted by Crippen LogP contribution is 2.22. The van der Waals surface area contributed by atoms with Crippen molar-refractivity contribution in [2.75, 3.05) is 26.2 Å². The second-order valence-corrected chi connectivity index (χ2v) is 5.93. The zero-order valence-corrected chi connectivity index (χ0v) is 11.0. The molecule has 0 aromatic rings. The minimum Gasteiger partial charge on any atom is -0.377 e. The molecule has 2 rings (SSSR count). The monoisotopic (exact) mass is 226 g/mol. The van der Waals surface area contributed by atoms with Gasteiger partial charge in [0, 0.05) is 24.7 Å². The molecule has 1 N–H and O–H groups in total. The smallest absolute Gasteiger partial charge is 0.0728 e. The van der Waals surface area contributed by atoms with Crippen LogP contribution in [0.3, 0.4) is 0 Å². The molecule has 2 aliphatic rings. The Labute approximate surface area is 99.5 Å². The summed E-state index contributed by atoms with van der Waals surface area (Å²) in [5.41, 5.74) is 0.239. The Morgan fingerprint density at radius 1 is 1.38 bits per heavy atom. The fraction of sp³-hybridized carbons (Fsp3) is 1.00. The molecule has 0 aromatic heterocycles. The number of hydrogen-bond acceptors (Lipinski definition) is 3. The second-order valence-electron chi connectivity index (χ2n) is 5.93. The largest absolute Gasteiger partial charge is 0.377 e. The Hall–Kier alpha value is -0.120. The summed E-state index contributed by atoms with van der Waals surface area (Å²) in [7, 11) is 0. The molecule has 0 saturated carbocycles. The molecule has 0 amide bonds. The molecule has 2 aliphatic heterocycles. The van der Waals surface area contributed by atoms with Crippen molar-refractivity contribution in [1.29, 1.82) is 0 Å². The number of hydrogen-bond donors (Lipinski definition) is 1. The summed E-state index contributed by atoms with van der Waals surface area (Å²) in [6.07, 6.45) is 4.20. The zero-order valence-electron chi connectivity index (χ0n) is 11.0. The molecule has 94 valence electrons. The maximum Gasteiger partial charge on any atom is 0.0728 e. The van der Waals surface area contributed by atoms with Gasteiger partial charge in [-0.15, -0.1) is 0 Å². The summed E-state index contributed by atoms with van der Waals surface area (Å²) in [4.78, 5) is 2.61. The van der Waals surface area contributed by atoms with Crippen LogP contribution in [-0.4, -0.2) is 48.8 Å². The lowest BCUT2D eigenvalue weighted by atomic mass is 10.0. The Kier molecular flexibility index (Phi) is 3.88. The van der Waals surface area contributed by atoms with Gasteiger partial charge in [0.1, 0.15) is 0 Å².